The quantitative estimate of drug-likeness (QED) is 0.449. The van der Waals surface area contributed by atoms with Crippen molar-refractivity contribution in [3.63, 3.8) is 0 Å². The van der Waals surface area contributed by atoms with Crippen LogP contribution < -0.4 is 5.32 Å². The second-order valence-corrected chi connectivity index (χ2v) is 10.8. The number of halogens is 2. The van der Waals surface area contributed by atoms with Crippen molar-refractivity contribution in [3.8, 4) is 6.07 Å². The van der Waals surface area contributed by atoms with Gasteiger partial charge in [-0.25, -0.2) is 3.89 Å². The highest BCUT2D eigenvalue weighted by atomic mass is 35.5. The lowest BCUT2D eigenvalue weighted by molar-refractivity contribution is -0.812. The third-order valence-corrected chi connectivity index (χ3v) is 9.29. The Kier molecular flexibility index (Phi) is 9.53. The molecule has 32 heavy (non-hydrogen) atoms. The molecular formula is C23H28Cl2N3O3S+. The van der Waals surface area contributed by atoms with Crippen molar-refractivity contribution in [2.24, 2.45) is 0 Å². The van der Waals surface area contributed by atoms with Crippen LogP contribution >= 0.6 is 23.2 Å². The summed E-state index contributed by atoms with van der Waals surface area (Å²) in [4.78, 5) is 9.16. The molecule has 0 radical (unpaired) electrons. The van der Waals surface area contributed by atoms with Gasteiger partial charge >= 0.3 is 10.0 Å². The number of hydrogen-bond acceptors (Lipinski definition) is 4. The van der Waals surface area contributed by atoms with Gasteiger partial charge in [0.05, 0.1) is 35.3 Å². The zero-order chi connectivity index (χ0) is 23.8. The fourth-order valence-corrected chi connectivity index (χ4v) is 6.57. The zero-order valence-electron chi connectivity index (χ0n) is 18.2. The first-order valence-electron chi connectivity index (χ1n) is 10.4. The molecule has 3 rings (SSSR count). The van der Waals surface area contributed by atoms with Gasteiger partial charge in [-0.3, -0.25) is 4.79 Å². The van der Waals surface area contributed by atoms with Gasteiger partial charge in [0.2, 0.25) is 6.41 Å². The summed E-state index contributed by atoms with van der Waals surface area (Å²) in [7, 11) is -0.391. The molecule has 1 saturated carbocycles. The van der Waals surface area contributed by atoms with E-state index in [4.69, 9.17) is 33.3 Å². The smallest absolute Gasteiger partial charge is 0.328 e. The van der Waals surface area contributed by atoms with E-state index in [1.807, 2.05) is 12.1 Å². The third-order valence-electron chi connectivity index (χ3n) is 5.89. The van der Waals surface area contributed by atoms with Gasteiger partial charge < -0.3 is 5.32 Å². The first-order valence-corrected chi connectivity index (χ1v) is 12.5. The fraction of sp³-hybridized carbons (Fsp3) is 0.391. The highest BCUT2D eigenvalue weighted by molar-refractivity contribution is 7.86. The Morgan fingerprint density at radius 1 is 1.16 bits per heavy atom. The molecule has 1 atom stereocenters. The van der Waals surface area contributed by atoms with E-state index >= 15 is 0 Å². The number of benzene rings is 2. The average molecular weight is 497 g/mol. The molecule has 0 heterocycles. The first kappa shape index (κ1) is 26.1. The van der Waals surface area contributed by atoms with Crippen molar-refractivity contribution in [3.05, 3.63) is 63.6 Å². The number of sulfonamides is 1. The molecule has 2 aromatic carbocycles. The van der Waals surface area contributed by atoms with Crippen molar-refractivity contribution in [2.75, 3.05) is 20.6 Å². The number of nitrogens with one attached hydrogen (secondary N) is 1. The summed E-state index contributed by atoms with van der Waals surface area (Å²) in [6.45, 7) is 0.432. The molecule has 6 nitrogen and oxygen atoms in total. The second-order valence-electron chi connectivity index (χ2n) is 7.83. The van der Waals surface area contributed by atoms with Gasteiger partial charge in [-0.05, 0) is 42.7 Å². The van der Waals surface area contributed by atoms with Crippen LogP contribution in [0.5, 0.6) is 0 Å². The largest absolute Gasteiger partial charge is 0.362 e. The van der Waals surface area contributed by atoms with E-state index in [1.54, 1.807) is 38.4 Å². The van der Waals surface area contributed by atoms with Gasteiger partial charge in [0.25, 0.3) is 0 Å². The van der Waals surface area contributed by atoms with Crippen molar-refractivity contribution in [1.29, 1.82) is 5.26 Å². The molecule has 9 heteroatoms. The predicted octanol–water partition coefficient (Wildman–Crippen LogP) is 4.55. The molecule has 2 aromatic rings. The number of nitrogens with zero attached hydrogens (tertiary/aromatic N) is 2. The summed E-state index contributed by atoms with van der Waals surface area (Å²) in [5, 5.41) is 11.5. The topological polar surface area (TPSA) is 87.0 Å². The van der Waals surface area contributed by atoms with Crippen molar-refractivity contribution < 1.29 is 17.1 Å². The maximum atomic E-state index is 13.7. The normalized spacial score (nSPS) is 15.7. The lowest BCUT2D eigenvalue weighted by Crippen LogP contribution is -2.56. The fourth-order valence-electron chi connectivity index (χ4n) is 3.95. The first-order chi connectivity index (χ1) is 15.2. The van der Waals surface area contributed by atoms with Crippen LogP contribution in [0, 0.1) is 11.3 Å². The van der Waals surface area contributed by atoms with E-state index in [9.17, 15) is 8.42 Å². The number of nitriles is 1. The minimum atomic E-state index is -3.75. The Balaban J connectivity index is 0.000000837. The molecule has 0 aromatic heterocycles. The van der Waals surface area contributed by atoms with Crippen LogP contribution in [0.1, 0.15) is 36.8 Å². The molecule has 1 aliphatic rings. The Morgan fingerprint density at radius 3 is 2.28 bits per heavy atom. The van der Waals surface area contributed by atoms with Crippen molar-refractivity contribution in [1.82, 2.24) is 5.32 Å². The molecule has 0 spiro atoms. The van der Waals surface area contributed by atoms with E-state index in [-0.39, 0.29) is 24.9 Å². The van der Waals surface area contributed by atoms with Crippen LogP contribution in [0.3, 0.4) is 0 Å². The number of rotatable bonds is 7. The molecule has 0 saturated heterocycles. The minimum absolute atomic E-state index is 0.0263. The molecule has 1 fully saturated rings. The average Bonchev–Trinajstić information content (AvgIpc) is 3.35. The van der Waals surface area contributed by atoms with E-state index in [2.05, 4.69) is 11.4 Å². The molecule has 1 amide bonds. The van der Waals surface area contributed by atoms with Gasteiger partial charge in [0.1, 0.15) is 10.9 Å². The van der Waals surface area contributed by atoms with Gasteiger partial charge in [0.15, 0.2) is 0 Å². The number of amides is 1. The second kappa shape index (κ2) is 11.7. The summed E-state index contributed by atoms with van der Waals surface area (Å²) in [5.74, 6) is 0. The molecule has 1 unspecified atom stereocenters. The van der Waals surface area contributed by atoms with Crippen molar-refractivity contribution >= 4 is 39.6 Å². The highest BCUT2D eigenvalue weighted by Gasteiger charge is 2.47. The standard InChI is InChI=1S/C21H23Cl2N2O2S.C2H5NO/c1-25(18-5-2-3-6-18,14-13-16-9-11-17(15-24)12-10-16)28(26,27)20-8-4-7-19(22)21(20)23;1-3-2-4/h4,7-12,18H,2-3,5-6,13-14H2,1H3;2H,1H3,(H,3,4)/q+1;. The summed E-state index contributed by atoms with van der Waals surface area (Å²) in [6.07, 6.45) is 5.04. The van der Waals surface area contributed by atoms with Gasteiger partial charge in [-0.2, -0.15) is 13.7 Å². The lowest BCUT2D eigenvalue weighted by atomic mass is 10.1. The summed E-state index contributed by atoms with van der Waals surface area (Å²) in [5.41, 5.74) is 1.60. The Hall–Kier alpha value is -2.11. The van der Waals surface area contributed by atoms with E-state index in [0.717, 1.165) is 31.2 Å². The van der Waals surface area contributed by atoms with Crippen molar-refractivity contribution in [2.45, 2.75) is 43.0 Å². The predicted molar refractivity (Wildman–Crippen MR) is 127 cm³/mol. The zero-order valence-corrected chi connectivity index (χ0v) is 20.6. The van der Waals surface area contributed by atoms with E-state index < -0.39 is 10.0 Å². The number of likely N-dealkylation sites (N-methyl/N-ethyl adjacent to an activating group) is 1. The van der Waals surface area contributed by atoms with Crippen LogP contribution in [0.15, 0.2) is 47.4 Å². The van der Waals surface area contributed by atoms with Crippen LogP contribution in [0.25, 0.3) is 0 Å². The summed E-state index contributed by atoms with van der Waals surface area (Å²) < 4.78 is 27.4. The SMILES string of the molecule is CNC=O.C[N+](CCc1ccc(C#N)cc1)(C1CCCC1)S(=O)(=O)c1cccc(Cl)c1Cl. The Bertz CT molecular complexity index is 1060. The Morgan fingerprint density at radius 2 is 1.75 bits per heavy atom. The monoisotopic (exact) mass is 496 g/mol. The van der Waals surface area contributed by atoms with Crippen LogP contribution in [-0.4, -0.2) is 45.4 Å². The van der Waals surface area contributed by atoms with Crippen LogP contribution in [0.2, 0.25) is 10.0 Å². The molecule has 172 valence electrons. The minimum Gasteiger partial charge on any atom is -0.362 e. The Labute approximate surface area is 200 Å². The molecular weight excluding hydrogens is 469 g/mol. The molecule has 1 N–H and O–H groups in total. The van der Waals surface area contributed by atoms with Crippen LogP contribution in [-0.2, 0) is 21.2 Å². The third kappa shape index (κ3) is 5.81. The molecule has 0 aliphatic heterocycles. The van der Waals surface area contributed by atoms with E-state index in [1.165, 1.54) is 6.07 Å². The number of carbonyl (C=O) groups is 1. The lowest BCUT2D eigenvalue weighted by Gasteiger charge is -2.38. The van der Waals surface area contributed by atoms with Crippen LogP contribution in [0.4, 0.5) is 0 Å². The van der Waals surface area contributed by atoms with Gasteiger partial charge in [-0.15, -0.1) is 0 Å². The molecule has 1 aliphatic carbocycles. The summed E-state index contributed by atoms with van der Waals surface area (Å²) in [6, 6.07) is 14.2. The number of quaternary nitrogens is 1. The van der Waals surface area contributed by atoms with Gasteiger partial charge in [0, 0.05) is 26.3 Å². The maximum absolute atomic E-state index is 13.7. The maximum Gasteiger partial charge on any atom is 0.328 e. The number of hydrogen-bond donors (Lipinski definition) is 1. The van der Waals surface area contributed by atoms with Gasteiger partial charge in [-0.1, -0.05) is 41.4 Å². The van der Waals surface area contributed by atoms with E-state index in [0.29, 0.717) is 24.9 Å². The number of carbonyl (C=O) groups excluding carboxylic acids is 1. The highest BCUT2D eigenvalue weighted by Crippen LogP contribution is 2.38. The summed E-state index contributed by atoms with van der Waals surface area (Å²) >= 11 is 12.4. The molecule has 0 bridgehead atoms.